The maximum atomic E-state index is 12.1. The monoisotopic (exact) mass is 320 g/mol. The average molecular weight is 321 g/mol. The zero-order valence-electron chi connectivity index (χ0n) is 10.8. The van der Waals surface area contributed by atoms with Crippen LogP contribution in [0.3, 0.4) is 0 Å². The third-order valence-electron chi connectivity index (χ3n) is 2.92. The fourth-order valence-electron chi connectivity index (χ4n) is 1.88. The zero-order valence-corrected chi connectivity index (χ0v) is 12.3. The summed E-state index contributed by atoms with van der Waals surface area (Å²) >= 11 is 11.8. The highest BCUT2D eigenvalue weighted by atomic mass is 35.5. The molecule has 3 aromatic rings. The van der Waals surface area contributed by atoms with Gasteiger partial charge in [0, 0.05) is 11.6 Å². The highest BCUT2D eigenvalue weighted by Crippen LogP contribution is 2.14. The van der Waals surface area contributed by atoms with Crippen molar-refractivity contribution < 1.29 is 4.79 Å². The van der Waals surface area contributed by atoms with Gasteiger partial charge in [0.1, 0.15) is 10.8 Å². The molecule has 0 fully saturated rings. The average Bonchev–Trinajstić information content (AvgIpc) is 2.89. The minimum Gasteiger partial charge on any atom is -0.347 e. The lowest BCUT2D eigenvalue weighted by atomic mass is 10.2. The van der Waals surface area contributed by atoms with Gasteiger partial charge in [0.2, 0.25) is 0 Å². The highest BCUT2D eigenvalue weighted by molar-refractivity contribution is 6.31. The maximum Gasteiger partial charge on any atom is 0.271 e. The van der Waals surface area contributed by atoms with Crippen LogP contribution in [0.2, 0.25) is 10.2 Å². The predicted molar refractivity (Wildman–Crippen MR) is 80.6 cm³/mol. The molecule has 1 N–H and O–H groups in total. The fraction of sp³-hybridized carbons (Fsp3) is 0.0714. The Morgan fingerprint density at radius 3 is 2.81 bits per heavy atom. The molecule has 1 amide bonds. The van der Waals surface area contributed by atoms with E-state index in [2.05, 4.69) is 15.4 Å². The van der Waals surface area contributed by atoms with Crippen molar-refractivity contribution in [3.8, 4) is 0 Å². The Bertz CT molecular complexity index is 816. The van der Waals surface area contributed by atoms with Gasteiger partial charge in [0.15, 0.2) is 5.65 Å². The number of hydrogen-bond acceptors (Lipinski definition) is 3. The number of fused-ring (bicyclic) bond motifs is 1. The Hall–Kier alpha value is -2.11. The van der Waals surface area contributed by atoms with Gasteiger partial charge in [-0.25, -0.2) is 9.50 Å². The third-order valence-corrected chi connectivity index (χ3v) is 3.49. The first-order valence-corrected chi connectivity index (χ1v) is 6.92. The molecule has 21 heavy (non-hydrogen) atoms. The summed E-state index contributed by atoms with van der Waals surface area (Å²) in [6.07, 6.45) is 1.53. The van der Waals surface area contributed by atoms with Crippen molar-refractivity contribution in [1.29, 1.82) is 0 Å². The molecule has 106 valence electrons. The molecule has 0 atom stereocenters. The van der Waals surface area contributed by atoms with Crippen LogP contribution in [-0.4, -0.2) is 20.5 Å². The minimum atomic E-state index is -0.295. The van der Waals surface area contributed by atoms with Crippen LogP contribution < -0.4 is 5.32 Å². The molecule has 0 unspecified atom stereocenters. The lowest BCUT2D eigenvalue weighted by molar-refractivity contribution is 0.0946. The molecule has 0 aliphatic carbocycles. The summed E-state index contributed by atoms with van der Waals surface area (Å²) in [7, 11) is 0. The molecule has 1 aromatic carbocycles. The fourth-order valence-corrected chi connectivity index (χ4v) is 2.22. The molecule has 0 radical (unpaired) electrons. The van der Waals surface area contributed by atoms with Crippen LogP contribution in [0.4, 0.5) is 0 Å². The Balaban J connectivity index is 1.76. The van der Waals surface area contributed by atoms with Gasteiger partial charge in [-0.15, -0.1) is 0 Å². The second-order valence-electron chi connectivity index (χ2n) is 4.36. The van der Waals surface area contributed by atoms with E-state index in [9.17, 15) is 4.79 Å². The molecule has 0 aliphatic rings. The van der Waals surface area contributed by atoms with Gasteiger partial charge in [-0.05, 0) is 23.8 Å². The SMILES string of the molecule is O=C(NCc1ccccc1Cl)c1cn2nc(Cl)ccc2n1. The van der Waals surface area contributed by atoms with Crippen molar-refractivity contribution in [3.05, 3.63) is 64.0 Å². The summed E-state index contributed by atoms with van der Waals surface area (Å²) in [5, 5.41) is 7.75. The molecular formula is C14H10Cl2N4O. The topological polar surface area (TPSA) is 59.3 Å². The van der Waals surface area contributed by atoms with Crippen LogP contribution in [0.25, 0.3) is 5.65 Å². The Morgan fingerprint density at radius 1 is 1.19 bits per heavy atom. The predicted octanol–water partition coefficient (Wildman–Crippen LogP) is 2.97. The lowest BCUT2D eigenvalue weighted by Gasteiger charge is -2.04. The number of benzene rings is 1. The van der Waals surface area contributed by atoms with Crippen LogP contribution in [0.5, 0.6) is 0 Å². The number of amides is 1. The summed E-state index contributed by atoms with van der Waals surface area (Å²) in [5.41, 5.74) is 1.68. The van der Waals surface area contributed by atoms with E-state index in [4.69, 9.17) is 23.2 Å². The van der Waals surface area contributed by atoms with Crippen molar-refractivity contribution in [2.45, 2.75) is 6.54 Å². The van der Waals surface area contributed by atoms with Gasteiger partial charge in [-0.1, -0.05) is 41.4 Å². The van der Waals surface area contributed by atoms with Crippen molar-refractivity contribution in [2.24, 2.45) is 0 Å². The summed E-state index contributed by atoms with van der Waals surface area (Å²) in [6.45, 7) is 0.334. The maximum absolute atomic E-state index is 12.1. The molecule has 0 saturated carbocycles. The molecule has 2 heterocycles. The number of rotatable bonds is 3. The number of nitrogens with one attached hydrogen (secondary N) is 1. The summed E-state index contributed by atoms with van der Waals surface area (Å²) in [5.74, 6) is -0.295. The van der Waals surface area contributed by atoms with E-state index < -0.39 is 0 Å². The van der Waals surface area contributed by atoms with Gasteiger partial charge in [-0.2, -0.15) is 5.10 Å². The van der Waals surface area contributed by atoms with Crippen LogP contribution in [0.1, 0.15) is 16.1 Å². The molecule has 7 heteroatoms. The molecule has 3 rings (SSSR count). The Morgan fingerprint density at radius 2 is 2.00 bits per heavy atom. The van der Waals surface area contributed by atoms with E-state index >= 15 is 0 Å². The smallest absolute Gasteiger partial charge is 0.271 e. The lowest BCUT2D eigenvalue weighted by Crippen LogP contribution is -2.23. The first-order chi connectivity index (χ1) is 10.1. The van der Waals surface area contributed by atoms with Gasteiger partial charge in [0.25, 0.3) is 5.91 Å². The number of carbonyl (C=O) groups is 1. The molecule has 2 aromatic heterocycles. The van der Waals surface area contributed by atoms with Crippen molar-refractivity contribution >= 4 is 34.8 Å². The summed E-state index contributed by atoms with van der Waals surface area (Å²) in [6, 6.07) is 10.7. The number of carbonyl (C=O) groups excluding carboxylic acids is 1. The molecule has 0 aliphatic heterocycles. The minimum absolute atomic E-state index is 0.275. The molecular weight excluding hydrogens is 311 g/mol. The largest absolute Gasteiger partial charge is 0.347 e. The van der Waals surface area contributed by atoms with E-state index in [-0.39, 0.29) is 11.6 Å². The first kappa shape index (κ1) is 13.9. The molecule has 0 bridgehead atoms. The van der Waals surface area contributed by atoms with Crippen molar-refractivity contribution in [2.75, 3.05) is 0 Å². The second-order valence-corrected chi connectivity index (χ2v) is 5.15. The summed E-state index contributed by atoms with van der Waals surface area (Å²) < 4.78 is 1.47. The van der Waals surface area contributed by atoms with E-state index in [1.165, 1.54) is 10.7 Å². The van der Waals surface area contributed by atoms with Crippen LogP contribution in [-0.2, 0) is 6.54 Å². The first-order valence-electron chi connectivity index (χ1n) is 6.17. The quantitative estimate of drug-likeness (QED) is 0.807. The summed E-state index contributed by atoms with van der Waals surface area (Å²) in [4.78, 5) is 16.3. The normalized spacial score (nSPS) is 10.8. The number of halogens is 2. The van der Waals surface area contributed by atoms with Crippen molar-refractivity contribution in [1.82, 2.24) is 19.9 Å². The Kier molecular flexibility index (Phi) is 3.77. The third kappa shape index (κ3) is 2.99. The Labute approximate surface area is 130 Å². The van der Waals surface area contributed by atoms with Gasteiger partial charge in [-0.3, -0.25) is 4.79 Å². The van der Waals surface area contributed by atoms with E-state index in [0.717, 1.165) is 5.56 Å². The number of nitrogens with zero attached hydrogens (tertiary/aromatic N) is 3. The standard InChI is InChI=1S/C14H10Cl2N4O/c15-10-4-2-1-3-9(10)7-17-14(21)11-8-20-13(18-11)6-5-12(16)19-20/h1-6,8H,7H2,(H,17,21). The number of aromatic nitrogens is 3. The van der Waals surface area contributed by atoms with Crippen LogP contribution in [0.15, 0.2) is 42.6 Å². The van der Waals surface area contributed by atoms with Gasteiger partial charge < -0.3 is 5.32 Å². The second kappa shape index (κ2) is 5.71. The zero-order chi connectivity index (χ0) is 14.8. The number of hydrogen-bond donors (Lipinski definition) is 1. The van der Waals surface area contributed by atoms with Gasteiger partial charge >= 0.3 is 0 Å². The highest BCUT2D eigenvalue weighted by Gasteiger charge is 2.11. The molecule has 0 spiro atoms. The van der Waals surface area contributed by atoms with E-state index in [0.29, 0.717) is 22.4 Å². The van der Waals surface area contributed by atoms with E-state index in [1.54, 1.807) is 18.2 Å². The van der Waals surface area contributed by atoms with Gasteiger partial charge in [0.05, 0.1) is 6.20 Å². The molecule has 5 nitrogen and oxygen atoms in total. The van der Waals surface area contributed by atoms with Crippen LogP contribution in [0, 0.1) is 0 Å². The van der Waals surface area contributed by atoms with Crippen LogP contribution >= 0.6 is 23.2 Å². The molecule has 0 saturated heterocycles. The van der Waals surface area contributed by atoms with E-state index in [1.807, 2.05) is 18.2 Å². The van der Waals surface area contributed by atoms with Crippen molar-refractivity contribution in [3.63, 3.8) is 0 Å². The number of imidazole rings is 1.